The van der Waals surface area contributed by atoms with Crippen LogP contribution in [0.25, 0.3) is 10.9 Å². The van der Waals surface area contributed by atoms with Crippen LogP contribution in [-0.4, -0.2) is 53.7 Å². The van der Waals surface area contributed by atoms with Gasteiger partial charge in [-0.25, -0.2) is 4.98 Å². The van der Waals surface area contributed by atoms with E-state index >= 15 is 0 Å². The van der Waals surface area contributed by atoms with Crippen LogP contribution in [0.2, 0.25) is 0 Å². The highest BCUT2D eigenvalue weighted by Gasteiger charge is 2.22. The van der Waals surface area contributed by atoms with Gasteiger partial charge in [-0.1, -0.05) is 18.2 Å². The van der Waals surface area contributed by atoms with E-state index in [1.807, 2.05) is 18.2 Å². The molecule has 2 aromatic rings. The Bertz CT molecular complexity index is 734. The fraction of sp³-hybridized carbons (Fsp3) is 0.500. The van der Waals surface area contributed by atoms with Crippen molar-refractivity contribution in [3.8, 4) is 5.88 Å². The molecular weight excluding hydrogens is 312 g/mol. The lowest BCUT2D eigenvalue weighted by Gasteiger charge is -2.34. The highest BCUT2D eigenvalue weighted by Crippen LogP contribution is 2.30. The zero-order valence-electron chi connectivity index (χ0n) is 14.7. The van der Waals surface area contributed by atoms with E-state index in [4.69, 9.17) is 14.7 Å². The highest BCUT2D eigenvalue weighted by molar-refractivity contribution is 5.84. The summed E-state index contributed by atoms with van der Waals surface area (Å²) >= 11 is 0. The fourth-order valence-electron chi connectivity index (χ4n) is 3.74. The van der Waals surface area contributed by atoms with Gasteiger partial charge in [0.2, 0.25) is 11.8 Å². The number of fused-ring (bicyclic) bond motifs is 1. The van der Waals surface area contributed by atoms with Gasteiger partial charge in [-0.05, 0) is 37.8 Å². The number of nitrogens with zero attached hydrogens (tertiary/aromatic N) is 4. The van der Waals surface area contributed by atoms with E-state index in [9.17, 15) is 0 Å². The number of ether oxygens (including phenoxy) is 1. The largest absolute Gasteiger partial charge is 0.474 e. The van der Waals surface area contributed by atoms with Crippen molar-refractivity contribution in [3.63, 3.8) is 0 Å². The predicted octanol–water partition coefficient (Wildman–Crippen LogP) is 3.26. The van der Waals surface area contributed by atoms with Gasteiger partial charge < -0.3 is 9.64 Å². The van der Waals surface area contributed by atoms with Crippen LogP contribution in [0.15, 0.2) is 36.9 Å². The molecule has 1 aromatic heterocycles. The third-order valence-corrected chi connectivity index (χ3v) is 5.18. The van der Waals surface area contributed by atoms with E-state index < -0.39 is 0 Å². The second-order valence-electron chi connectivity index (χ2n) is 6.95. The summed E-state index contributed by atoms with van der Waals surface area (Å²) in [4.78, 5) is 14.3. The Balaban J connectivity index is 1.59. The highest BCUT2D eigenvalue weighted by atomic mass is 16.5. The second-order valence-corrected chi connectivity index (χ2v) is 6.95. The van der Waals surface area contributed by atoms with Crippen molar-refractivity contribution in [2.45, 2.75) is 31.8 Å². The Morgan fingerprint density at radius 1 is 1.08 bits per heavy atom. The van der Waals surface area contributed by atoms with Gasteiger partial charge in [0.25, 0.3) is 0 Å². The summed E-state index contributed by atoms with van der Waals surface area (Å²) in [5.41, 5.74) is 0.967. The Hall–Kier alpha value is -2.14. The van der Waals surface area contributed by atoms with E-state index in [2.05, 4.69) is 28.5 Å². The smallest absolute Gasteiger partial charge is 0.229 e. The number of aromatic nitrogens is 2. The van der Waals surface area contributed by atoms with Gasteiger partial charge in [-0.2, -0.15) is 4.98 Å². The monoisotopic (exact) mass is 338 g/mol. The maximum Gasteiger partial charge on any atom is 0.229 e. The molecule has 0 radical (unpaired) electrons. The normalized spacial score (nSPS) is 19.4. The van der Waals surface area contributed by atoms with Crippen molar-refractivity contribution in [2.24, 2.45) is 0 Å². The topological polar surface area (TPSA) is 41.5 Å². The first-order valence-electron chi connectivity index (χ1n) is 9.35. The minimum absolute atomic E-state index is 0.301. The summed E-state index contributed by atoms with van der Waals surface area (Å²) in [5, 5.41) is 1.02. The lowest BCUT2D eigenvalue weighted by Crippen LogP contribution is -2.47. The molecule has 2 fully saturated rings. The van der Waals surface area contributed by atoms with E-state index in [-0.39, 0.29) is 0 Å². The zero-order valence-corrected chi connectivity index (χ0v) is 14.7. The van der Waals surface area contributed by atoms with Crippen molar-refractivity contribution in [2.75, 3.05) is 37.6 Å². The van der Waals surface area contributed by atoms with Crippen LogP contribution in [-0.2, 0) is 0 Å². The van der Waals surface area contributed by atoms with E-state index in [1.54, 1.807) is 0 Å². The second kappa shape index (κ2) is 7.40. The number of piperazine rings is 1. The fourth-order valence-corrected chi connectivity index (χ4v) is 3.74. The van der Waals surface area contributed by atoms with Crippen LogP contribution >= 0.6 is 0 Å². The number of hydrogen-bond acceptors (Lipinski definition) is 5. The van der Waals surface area contributed by atoms with Crippen LogP contribution in [0, 0.1) is 0 Å². The third kappa shape index (κ3) is 3.61. The maximum absolute atomic E-state index is 6.28. The van der Waals surface area contributed by atoms with Gasteiger partial charge in [0.05, 0.1) is 10.9 Å². The Morgan fingerprint density at radius 3 is 2.60 bits per heavy atom. The standard InChI is InChI=1S/C20H26N4O/c1-2-11-23-12-14-24(15-13-23)20-21-18-10-6-5-9-17(18)19(22-20)25-16-7-3-4-8-16/h2,5-6,9-10,16H,1,3-4,7-8,11-15H2. The Morgan fingerprint density at radius 2 is 1.84 bits per heavy atom. The average molecular weight is 338 g/mol. The molecule has 4 rings (SSSR count). The van der Waals surface area contributed by atoms with Gasteiger partial charge in [-0.3, -0.25) is 4.90 Å². The van der Waals surface area contributed by atoms with E-state index in [1.165, 1.54) is 12.8 Å². The van der Waals surface area contributed by atoms with Crippen LogP contribution in [0.1, 0.15) is 25.7 Å². The molecule has 1 saturated carbocycles. The molecule has 1 aliphatic carbocycles. The molecular formula is C20H26N4O. The number of para-hydroxylation sites is 1. The zero-order chi connectivity index (χ0) is 17.1. The maximum atomic E-state index is 6.28. The molecule has 0 spiro atoms. The van der Waals surface area contributed by atoms with Crippen molar-refractivity contribution in [1.82, 2.24) is 14.9 Å². The number of benzene rings is 1. The van der Waals surface area contributed by atoms with Crippen LogP contribution in [0.5, 0.6) is 5.88 Å². The lowest BCUT2D eigenvalue weighted by molar-refractivity contribution is 0.204. The number of hydrogen-bond donors (Lipinski definition) is 0. The minimum Gasteiger partial charge on any atom is -0.474 e. The third-order valence-electron chi connectivity index (χ3n) is 5.18. The first-order valence-corrected chi connectivity index (χ1v) is 9.35. The molecule has 1 aliphatic heterocycles. The molecule has 0 N–H and O–H groups in total. The van der Waals surface area contributed by atoms with Gasteiger partial charge >= 0.3 is 0 Å². The molecule has 5 heteroatoms. The molecule has 0 unspecified atom stereocenters. The van der Waals surface area contributed by atoms with Crippen LogP contribution in [0.3, 0.4) is 0 Å². The predicted molar refractivity (Wildman–Crippen MR) is 101 cm³/mol. The quantitative estimate of drug-likeness (QED) is 0.783. The van der Waals surface area contributed by atoms with Crippen molar-refractivity contribution < 1.29 is 4.74 Å². The molecule has 2 heterocycles. The molecule has 132 valence electrons. The SMILES string of the molecule is C=CCN1CCN(c2nc(OC3CCCC3)c3ccccc3n2)CC1. The number of rotatable bonds is 5. The molecule has 0 amide bonds. The first kappa shape index (κ1) is 16.3. The molecule has 1 saturated heterocycles. The molecule has 2 aliphatic rings. The summed E-state index contributed by atoms with van der Waals surface area (Å²) in [6, 6.07) is 8.17. The Kier molecular flexibility index (Phi) is 4.83. The summed E-state index contributed by atoms with van der Waals surface area (Å²) in [5.74, 6) is 1.55. The lowest BCUT2D eigenvalue weighted by atomic mass is 10.2. The minimum atomic E-state index is 0.301. The van der Waals surface area contributed by atoms with Crippen molar-refractivity contribution in [3.05, 3.63) is 36.9 Å². The van der Waals surface area contributed by atoms with Gasteiger partial charge in [0, 0.05) is 32.7 Å². The van der Waals surface area contributed by atoms with Gasteiger partial charge in [0.15, 0.2) is 0 Å². The Labute approximate surface area is 149 Å². The average Bonchev–Trinajstić information content (AvgIpc) is 3.16. The summed E-state index contributed by atoms with van der Waals surface area (Å²) in [6.07, 6.45) is 7.05. The molecule has 1 aromatic carbocycles. The van der Waals surface area contributed by atoms with Crippen LogP contribution in [0.4, 0.5) is 5.95 Å². The molecule has 0 bridgehead atoms. The van der Waals surface area contributed by atoms with E-state index in [0.717, 1.165) is 68.3 Å². The molecule has 0 atom stereocenters. The van der Waals surface area contributed by atoms with Gasteiger partial charge in [0.1, 0.15) is 6.10 Å². The summed E-state index contributed by atoms with van der Waals surface area (Å²) in [6.45, 7) is 8.69. The number of anilines is 1. The van der Waals surface area contributed by atoms with Gasteiger partial charge in [-0.15, -0.1) is 6.58 Å². The van der Waals surface area contributed by atoms with Crippen molar-refractivity contribution in [1.29, 1.82) is 0 Å². The summed E-state index contributed by atoms with van der Waals surface area (Å²) < 4.78 is 6.28. The van der Waals surface area contributed by atoms with Crippen LogP contribution < -0.4 is 9.64 Å². The molecule has 5 nitrogen and oxygen atoms in total. The van der Waals surface area contributed by atoms with Crippen molar-refractivity contribution >= 4 is 16.9 Å². The first-order chi connectivity index (χ1) is 12.3. The summed E-state index contributed by atoms with van der Waals surface area (Å²) in [7, 11) is 0. The molecule has 25 heavy (non-hydrogen) atoms. The van der Waals surface area contributed by atoms with E-state index in [0.29, 0.717) is 6.10 Å².